The maximum absolute atomic E-state index is 5.06. The summed E-state index contributed by atoms with van der Waals surface area (Å²) in [6, 6.07) is 48.0. The molecule has 10 rings (SSSR count). The number of hydrogen-bond acceptors (Lipinski definition) is 6. The lowest BCUT2D eigenvalue weighted by Gasteiger charge is -2.18. The lowest BCUT2D eigenvalue weighted by Crippen LogP contribution is -1.95. The van der Waals surface area contributed by atoms with E-state index in [4.69, 9.17) is 9.97 Å². The monoisotopic (exact) mass is 700 g/mol. The normalized spacial score (nSPS) is 11.5. The van der Waals surface area contributed by atoms with E-state index in [2.05, 4.69) is 154 Å². The Balaban J connectivity index is 1.16. The van der Waals surface area contributed by atoms with E-state index in [1.165, 1.54) is 21.9 Å². The van der Waals surface area contributed by atoms with Crippen molar-refractivity contribution in [3.05, 3.63) is 168 Å². The summed E-state index contributed by atoms with van der Waals surface area (Å²) in [7, 11) is 0. The summed E-state index contributed by atoms with van der Waals surface area (Å²) in [5.74, 6) is 0. The molecule has 0 saturated heterocycles. The van der Waals surface area contributed by atoms with Crippen molar-refractivity contribution in [2.24, 2.45) is 0 Å². The van der Waals surface area contributed by atoms with Crippen LogP contribution >= 0.6 is 22.7 Å². The van der Waals surface area contributed by atoms with Crippen LogP contribution in [-0.4, -0.2) is 19.9 Å². The maximum Gasteiger partial charge on any atom is 0.0826 e. The summed E-state index contributed by atoms with van der Waals surface area (Å²) in [5, 5.41) is 11.1. The van der Waals surface area contributed by atoms with Crippen LogP contribution in [0.25, 0.3) is 99.6 Å². The summed E-state index contributed by atoms with van der Waals surface area (Å²) >= 11 is 3.18. The standard InChI is InChI=1S/C46H28N4S2/c1-2-8-35-30(6-1)7-5-11-36(35)31-14-12-29(13-15-31)32-16-19-39-40(22-32)46(42-21-18-34(24-48-42)44-26-52-28-50-44)38-10-4-3-9-37(38)45(39)41-20-17-33(23-47-41)43-25-51-27-49-43/h1-28H. The molecule has 0 atom stereocenters. The van der Waals surface area contributed by atoms with Gasteiger partial charge in [-0.15, -0.1) is 22.7 Å². The molecule has 6 aromatic carbocycles. The minimum atomic E-state index is 0.919. The van der Waals surface area contributed by atoms with Crippen molar-refractivity contribution in [2.45, 2.75) is 0 Å². The van der Waals surface area contributed by atoms with E-state index in [9.17, 15) is 0 Å². The Morgan fingerprint density at radius 1 is 0.346 bits per heavy atom. The number of thiazole rings is 2. The number of pyridine rings is 2. The highest BCUT2D eigenvalue weighted by atomic mass is 32.1. The van der Waals surface area contributed by atoms with Crippen LogP contribution in [0.2, 0.25) is 0 Å². The second kappa shape index (κ2) is 12.8. The van der Waals surface area contributed by atoms with Gasteiger partial charge in [0.15, 0.2) is 0 Å². The number of rotatable bonds is 6. The Morgan fingerprint density at radius 2 is 0.865 bits per heavy atom. The van der Waals surface area contributed by atoms with Crippen LogP contribution in [-0.2, 0) is 0 Å². The number of hydrogen-bond donors (Lipinski definition) is 0. The van der Waals surface area contributed by atoms with Gasteiger partial charge >= 0.3 is 0 Å². The quantitative estimate of drug-likeness (QED) is 0.162. The molecule has 0 fully saturated rings. The molecule has 0 N–H and O–H groups in total. The van der Waals surface area contributed by atoms with Gasteiger partial charge in [0.2, 0.25) is 0 Å². The van der Waals surface area contributed by atoms with Gasteiger partial charge < -0.3 is 0 Å². The molecule has 10 aromatic rings. The van der Waals surface area contributed by atoms with Gasteiger partial charge in [0.25, 0.3) is 0 Å². The molecule has 4 aromatic heterocycles. The van der Waals surface area contributed by atoms with Crippen LogP contribution < -0.4 is 0 Å². The average molecular weight is 701 g/mol. The summed E-state index contributed by atoms with van der Waals surface area (Å²) in [5.41, 5.74) is 16.4. The van der Waals surface area contributed by atoms with Crippen LogP contribution in [0.15, 0.2) is 168 Å². The fourth-order valence-corrected chi connectivity index (χ4v) is 8.45. The molecule has 0 aliphatic carbocycles. The van der Waals surface area contributed by atoms with Crippen molar-refractivity contribution in [1.29, 1.82) is 0 Å². The van der Waals surface area contributed by atoms with Gasteiger partial charge in [0.1, 0.15) is 0 Å². The molecule has 0 amide bonds. The van der Waals surface area contributed by atoms with Gasteiger partial charge in [-0.05, 0) is 84.9 Å². The van der Waals surface area contributed by atoms with E-state index in [1.54, 1.807) is 22.7 Å². The van der Waals surface area contributed by atoms with Gasteiger partial charge in [-0.3, -0.25) is 9.97 Å². The molecule has 244 valence electrons. The van der Waals surface area contributed by atoms with Crippen molar-refractivity contribution in [2.75, 3.05) is 0 Å². The zero-order valence-electron chi connectivity index (χ0n) is 27.8. The predicted molar refractivity (Wildman–Crippen MR) is 219 cm³/mol. The Hall–Kier alpha value is -6.34. The number of aromatic nitrogens is 4. The second-order valence-corrected chi connectivity index (χ2v) is 14.2. The molecule has 0 radical (unpaired) electrons. The van der Waals surface area contributed by atoms with Crippen molar-refractivity contribution in [1.82, 2.24) is 19.9 Å². The van der Waals surface area contributed by atoms with Crippen molar-refractivity contribution in [3.63, 3.8) is 0 Å². The fourth-order valence-electron chi connectivity index (χ4n) is 7.33. The van der Waals surface area contributed by atoms with Crippen LogP contribution in [0.3, 0.4) is 0 Å². The highest BCUT2D eigenvalue weighted by Gasteiger charge is 2.19. The third-order valence-electron chi connectivity index (χ3n) is 9.84. The zero-order valence-corrected chi connectivity index (χ0v) is 29.4. The Morgan fingerprint density at radius 3 is 1.46 bits per heavy atom. The molecule has 0 spiro atoms. The van der Waals surface area contributed by atoms with Gasteiger partial charge in [-0.25, -0.2) is 9.97 Å². The molecule has 0 saturated carbocycles. The SMILES string of the molecule is c1ccc2c(-c3ccc(-c4ccc5c(-c6ccc(-c7cscn7)cn6)c6ccccc6c(-c6ccc(-c7cscn7)cn6)c5c4)cc3)cccc2c1. The van der Waals surface area contributed by atoms with Crippen molar-refractivity contribution in [3.8, 4) is 67.3 Å². The molecule has 0 bridgehead atoms. The topological polar surface area (TPSA) is 51.6 Å². The van der Waals surface area contributed by atoms with Gasteiger partial charge in [0, 0.05) is 45.4 Å². The van der Waals surface area contributed by atoms with Gasteiger partial charge in [0.05, 0.1) is 33.8 Å². The number of fused-ring (bicyclic) bond motifs is 3. The highest BCUT2D eigenvalue weighted by Crippen LogP contribution is 2.44. The van der Waals surface area contributed by atoms with Gasteiger partial charge in [-0.2, -0.15) is 0 Å². The fraction of sp³-hybridized carbons (Fsp3) is 0. The van der Waals surface area contributed by atoms with E-state index in [1.807, 2.05) is 23.4 Å². The van der Waals surface area contributed by atoms with Gasteiger partial charge in [-0.1, -0.05) is 103 Å². The van der Waals surface area contributed by atoms with E-state index in [0.717, 1.165) is 77.7 Å². The van der Waals surface area contributed by atoms with E-state index in [-0.39, 0.29) is 0 Å². The minimum absolute atomic E-state index is 0.919. The van der Waals surface area contributed by atoms with Crippen molar-refractivity contribution >= 4 is 55.0 Å². The zero-order chi connectivity index (χ0) is 34.4. The summed E-state index contributed by atoms with van der Waals surface area (Å²) in [4.78, 5) is 19.1. The lowest BCUT2D eigenvalue weighted by atomic mass is 9.87. The van der Waals surface area contributed by atoms with E-state index < -0.39 is 0 Å². The van der Waals surface area contributed by atoms with E-state index in [0.29, 0.717) is 0 Å². The van der Waals surface area contributed by atoms with Crippen LogP contribution in [0.4, 0.5) is 0 Å². The molecule has 52 heavy (non-hydrogen) atoms. The first-order valence-corrected chi connectivity index (χ1v) is 18.9. The number of benzene rings is 6. The van der Waals surface area contributed by atoms with Crippen LogP contribution in [0, 0.1) is 0 Å². The third-order valence-corrected chi connectivity index (χ3v) is 11.0. The maximum atomic E-state index is 5.06. The molecule has 4 heterocycles. The molecule has 0 aliphatic rings. The third kappa shape index (κ3) is 5.28. The van der Waals surface area contributed by atoms with Crippen molar-refractivity contribution < 1.29 is 0 Å². The first-order valence-electron chi connectivity index (χ1n) is 17.1. The Kier molecular flexibility index (Phi) is 7.48. The first kappa shape index (κ1) is 30.5. The minimum Gasteiger partial charge on any atom is -0.256 e. The summed E-state index contributed by atoms with van der Waals surface area (Å²) in [6.07, 6.45) is 3.87. The largest absolute Gasteiger partial charge is 0.256 e. The molecular formula is C46H28N4S2. The smallest absolute Gasteiger partial charge is 0.0826 e. The number of nitrogens with zero attached hydrogens (tertiary/aromatic N) is 4. The van der Waals surface area contributed by atoms with Crippen LogP contribution in [0.1, 0.15) is 0 Å². The lowest BCUT2D eigenvalue weighted by molar-refractivity contribution is 1.31. The Bertz CT molecular complexity index is 2860. The first-order chi connectivity index (χ1) is 25.8. The molecule has 0 unspecified atom stereocenters. The molecular weight excluding hydrogens is 673 g/mol. The predicted octanol–water partition coefficient (Wildman–Crippen LogP) is 12.9. The van der Waals surface area contributed by atoms with E-state index >= 15 is 0 Å². The molecule has 6 heteroatoms. The summed E-state index contributed by atoms with van der Waals surface area (Å²) < 4.78 is 0. The summed E-state index contributed by atoms with van der Waals surface area (Å²) in [6.45, 7) is 0. The molecule has 0 aliphatic heterocycles. The molecule has 4 nitrogen and oxygen atoms in total. The van der Waals surface area contributed by atoms with Crippen LogP contribution in [0.5, 0.6) is 0 Å². The Labute approximate surface area is 308 Å². The second-order valence-electron chi connectivity index (χ2n) is 12.8. The average Bonchev–Trinajstić information content (AvgIpc) is 3.96. The highest BCUT2D eigenvalue weighted by molar-refractivity contribution is 7.08.